The summed E-state index contributed by atoms with van der Waals surface area (Å²) in [6.45, 7) is 0.386. The number of hydrogen-bond donors (Lipinski definition) is 0. The van der Waals surface area contributed by atoms with E-state index in [1.165, 1.54) is 11.0 Å². The minimum Gasteiger partial charge on any atom is -0.312 e. The van der Waals surface area contributed by atoms with E-state index in [1.54, 1.807) is 6.07 Å². The number of carbonyl (C=O) groups excluding carboxylic acids is 1. The first-order valence-electron chi connectivity index (χ1n) is 7.08. The van der Waals surface area contributed by atoms with Crippen molar-refractivity contribution in [3.05, 3.63) is 64.2 Å². The normalized spacial score (nSPS) is 13.3. The average Bonchev–Trinajstić information content (AvgIpc) is 2.90. The lowest BCUT2D eigenvalue weighted by molar-refractivity contribution is -0.118. The lowest BCUT2D eigenvalue weighted by Gasteiger charge is -2.17. The maximum Gasteiger partial charge on any atom is 0.227 e. The van der Waals surface area contributed by atoms with Gasteiger partial charge in [-0.2, -0.15) is 0 Å². The van der Waals surface area contributed by atoms with Crippen molar-refractivity contribution in [2.24, 2.45) is 0 Å². The molecule has 0 saturated carbocycles. The predicted octanol–water partition coefficient (Wildman–Crippen LogP) is 4.14. The van der Waals surface area contributed by atoms with Crippen LogP contribution in [0.1, 0.15) is 17.5 Å². The zero-order valence-electron chi connectivity index (χ0n) is 11.8. The minimum atomic E-state index is -0.665. The van der Waals surface area contributed by atoms with Gasteiger partial charge < -0.3 is 4.90 Å². The lowest BCUT2D eigenvalue weighted by atomic mass is 10.1. The third-order valence-corrected chi connectivity index (χ3v) is 4.25. The molecule has 0 unspecified atom stereocenters. The Bertz CT molecular complexity index is 733. The Labute approximate surface area is 132 Å². The largest absolute Gasteiger partial charge is 0.312 e. The van der Waals surface area contributed by atoms with Gasteiger partial charge in [-0.05, 0) is 30.5 Å². The van der Waals surface area contributed by atoms with Gasteiger partial charge >= 0.3 is 0 Å². The molecule has 0 fully saturated rings. The van der Waals surface area contributed by atoms with Crippen molar-refractivity contribution in [3.8, 4) is 0 Å². The van der Waals surface area contributed by atoms with Crippen molar-refractivity contribution in [2.45, 2.75) is 19.3 Å². The Morgan fingerprint density at radius 3 is 2.77 bits per heavy atom. The van der Waals surface area contributed by atoms with E-state index in [0.717, 1.165) is 11.6 Å². The van der Waals surface area contributed by atoms with Gasteiger partial charge in [0, 0.05) is 29.6 Å². The SMILES string of the molecule is O=C(CCc1ccccc1Cl)N1CCc2c(F)cc(F)cc21. The molecule has 2 aromatic carbocycles. The van der Waals surface area contributed by atoms with Crippen LogP contribution in [0.5, 0.6) is 0 Å². The number of fused-ring (bicyclic) bond motifs is 1. The van der Waals surface area contributed by atoms with E-state index >= 15 is 0 Å². The Morgan fingerprint density at radius 2 is 2.00 bits per heavy atom. The molecule has 0 spiro atoms. The van der Waals surface area contributed by atoms with Gasteiger partial charge in [0.1, 0.15) is 11.6 Å². The van der Waals surface area contributed by atoms with E-state index in [4.69, 9.17) is 11.6 Å². The van der Waals surface area contributed by atoms with Crippen LogP contribution in [0.25, 0.3) is 0 Å². The molecule has 114 valence electrons. The summed E-state index contributed by atoms with van der Waals surface area (Å²) in [5.41, 5.74) is 1.65. The maximum atomic E-state index is 13.7. The number of benzene rings is 2. The van der Waals surface area contributed by atoms with Crippen LogP contribution < -0.4 is 4.90 Å². The Kier molecular flexibility index (Phi) is 4.12. The van der Waals surface area contributed by atoms with Gasteiger partial charge in [0.25, 0.3) is 0 Å². The molecule has 1 amide bonds. The summed E-state index contributed by atoms with van der Waals surface area (Å²) in [7, 11) is 0. The highest BCUT2D eigenvalue weighted by atomic mass is 35.5. The van der Waals surface area contributed by atoms with Gasteiger partial charge in [-0.15, -0.1) is 0 Å². The molecule has 1 aliphatic heterocycles. The second-order valence-corrected chi connectivity index (χ2v) is 5.68. The van der Waals surface area contributed by atoms with E-state index in [9.17, 15) is 13.6 Å². The van der Waals surface area contributed by atoms with Crippen molar-refractivity contribution >= 4 is 23.2 Å². The molecule has 0 aromatic heterocycles. The molecule has 0 N–H and O–H groups in total. The smallest absolute Gasteiger partial charge is 0.227 e. The fourth-order valence-corrected chi connectivity index (χ4v) is 2.99. The number of aryl methyl sites for hydroxylation is 1. The number of rotatable bonds is 3. The first-order chi connectivity index (χ1) is 10.6. The zero-order chi connectivity index (χ0) is 15.7. The summed E-state index contributed by atoms with van der Waals surface area (Å²) in [6, 6.07) is 9.41. The van der Waals surface area contributed by atoms with Crippen LogP contribution in [-0.4, -0.2) is 12.5 Å². The van der Waals surface area contributed by atoms with E-state index in [2.05, 4.69) is 0 Å². The third kappa shape index (κ3) is 2.83. The Hall–Kier alpha value is -1.94. The maximum absolute atomic E-state index is 13.7. The summed E-state index contributed by atoms with van der Waals surface area (Å²) >= 11 is 6.07. The molecule has 1 aliphatic rings. The van der Waals surface area contributed by atoms with Crippen LogP contribution in [0.4, 0.5) is 14.5 Å². The first-order valence-corrected chi connectivity index (χ1v) is 7.46. The molecule has 0 atom stereocenters. The van der Waals surface area contributed by atoms with Crippen molar-refractivity contribution in [2.75, 3.05) is 11.4 Å². The summed E-state index contributed by atoms with van der Waals surface area (Å²) in [4.78, 5) is 13.8. The lowest BCUT2D eigenvalue weighted by Crippen LogP contribution is -2.29. The van der Waals surface area contributed by atoms with Gasteiger partial charge in [-0.25, -0.2) is 8.78 Å². The van der Waals surface area contributed by atoms with Crippen molar-refractivity contribution in [3.63, 3.8) is 0 Å². The second kappa shape index (κ2) is 6.05. The first kappa shape index (κ1) is 15.0. The fraction of sp³-hybridized carbons (Fsp3) is 0.235. The molecular weight excluding hydrogens is 308 g/mol. The van der Waals surface area contributed by atoms with Crippen LogP contribution in [0.15, 0.2) is 36.4 Å². The van der Waals surface area contributed by atoms with E-state index in [1.807, 2.05) is 18.2 Å². The van der Waals surface area contributed by atoms with Crippen LogP contribution in [0, 0.1) is 11.6 Å². The van der Waals surface area contributed by atoms with E-state index in [0.29, 0.717) is 35.7 Å². The summed E-state index contributed by atoms with van der Waals surface area (Å²) in [5.74, 6) is -1.40. The van der Waals surface area contributed by atoms with Gasteiger partial charge in [0.05, 0.1) is 5.69 Å². The molecule has 0 aliphatic carbocycles. The Balaban J connectivity index is 1.74. The molecule has 5 heteroatoms. The quantitative estimate of drug-likeness (QED) is 0.832. The number of nitrogens with zero attached hydrogens (tertiary/aromatic N) is 1. The van der Waals surface area contributed by atoms with Gasteiger partial charge in [-0.1, -0.05) is 29.8 Å². The van der Waals surface area contributed by atoms with Crippen molar-refractivity contribution in [1.82, 2.24) is 0 Å². The monoisotopic (exact) mass is 321 g/mol. The second-order valence-electron chi connectivity index (χ2n) is 5.27. The van der Waals surface area contributed by atoms with Gasteiger partial charge in [0.15, 0.2) is 0 Å². The van der Waals surface area contributed by atoms with Crippen LogP contribution in [0.3, 0.4) is 0 Å². The summed E-state index contributed by atoms with van der Waals surface area (Å²) in [6.07, 6.45) is 1.17. The molecular formula is C17H14ClF2NO. The molecule has 1 heterocycles. The molecule has 0 radical (unpaired) electrons. The van der Waals surface area contributed by atoms with Crippen LogP contribution in [-0.2, 0) is 17.6 Å². The molecule has 3 rings (SSSR count). The van der Waals surface area contributed by atoms with Gasteiger partial charge in [-0.3, -0.25) is 4.79 Å². The molecule has 0 saturated heterocycles. The summed E-state index contributed by atoms with van der Waals surface area (Å²) in [5, 5.41) is 0.620. The molecule has 2 nitrogen and oxygen atoms in total. The number of hydrogen-bond acceptors (Lipinski definition) is 1. The van der Waals surface area contributed by atoms with E-state index in [-0.39, 0.29) is 12.3 Å². The highest BCUT2D eigenvalue weighted by molar-refractivity contribution is 6.31. The number of carbonyl (C=O) groups is 1. The topological polar surface area (TPSA) is 20.3 Å². The minimum absolute atomic E-state index is 0.149. The highest BCUT2D eigenvalue weighted by Crippen LogP contribution is 2.32. The highest BCUT2D eigenvalue weighted by Gasteiger charge is 2.27. The zero-order valence-corrected chi connectivity index (χ0v) is 12.5. The number of amides is 1. The number of anilines is 1. The molecule has 22 heavy (non-hydrogen) atoms. The molecule has 0 bridgehead atoms. The fourth-order valence-electron chi connectivity index (χ4n) is 2.76. The van der Waals surface area contributed by atoms with Crippen molar-refractivity contribution < 1.29 is 13.6 Å². The van der Waals surface area contributed by atoms with E-state index < -0.39 is 11.6 Å². The predicted molar refractivity (Wildman–Crippen MR) is 82.2 cm³/mol. The standard InChI is InChI=1S/C17H14ClF2NO/c18-14-4-2-1-3-11(14)5-6-17(22)21-8-7-13-15(20)9-12(19)10-16(13)21/h1-4,9-10H,5-8H2. The van der Waals surface area contributed by atoms with Crippen LogP contribution >= 0.6 is 11.6 Å². The van der Waals surface area contributed by atoms with Crippen LogP contribution in [0.2, 0.25) is 5.02 Å². The number of halogens is 3. The average molecular weight is 322 g/mol. The Morgan fingerprint density at radius 1 is 1.23 bits per heavy atom. The third-order valence-electron chi connectivity index (χ3n) is 3.88. The summed E-state index contributed by atoms with van der Waals surface area (Å²) < 4.78 is 27.1. The van der Waals surface area contributed by atoms with Crippen molar-refractivity contribution in [1.29, 1.82) is 0 Å². The van der Waals surface area contributed by atoms with Gasteiger partial charge in [0.2, 0.25) is 5.91 Å². The molecule has 2 aromatic rings.